The first-order valence-corrected chi connectivity index (χ1v) is 10.4. The fourth-order valence-electron chi connectivity index (χ4n) is 3.71. The third-order valence-electron chi connectivity index (χ3n) is 5.61. The Morgan fingerprint density at radius 3 is 2.31 bits per heavy atom. The highest BCUT2D eigenvalue weighted by Gasteiger charge is 2.52. The van der Waals surface area contributed by atoms with Crippen molar-refractivity contribution in [1.82, 2.24) is 4.90 Å². The Hall–Kier alpha value is -3.93. The Morgan fingerprint density at radius 2 is 1.59 bits per heavy atom. The first-order valence-electron chi connectivity index (χ1n) is 10.4. The second kappa shape index (κ2) is 8.30. The van der Waals surface area contributed by atoms with Gasteiger partial charge >= 0.3 is 6.03 Å². The molecule has 0 saturated carbocycles. The number of ketones is 1. The van der Waals surface area contributed by atoms with Gasteiger partial charge in [-0.15, -0.1) is 0 Å². The van der Waals surface area contributed by atoms with E-state index in [0.717, 1.165) is 10.5 Å². The Morgan fingerprint density at radius 1 is 0.906 bits per heavy atom. The Bertz CT molecular complexity index is 1190. The van der Waals surface area contributed by atoms with Crippen molar-refractivity contribution in [3.05, 3.63) is 90.0 Å². The molecule has 6 nitrogen and oxygen atoms in total. The SMILES string of the molecule is CC(=O)c1cccc(N2C(=O)N(Cc3ccccc3Oc3ccccc3)C(C)(C)C2=O)c1. The van der Waals surface area contributed by atoms with Crippen molar-refractivity contribution in [2.45, 2.75) is 32.9 Å². The Kier molecular flexibility index (Phi) is 5.53. The fourth-order valence-corrected chi connectivity index (χ4v) is 3.71. The van der Waals surface area contributed by atoms with Gasteiger partial charge in [-0.25, -0.2) is 9.69 Å². The molecule has 0 N–H and O–H groups in total. The highest BCUT2D eigenvalue weighted by atomic mass is 16.5. The number of hydrogen-bond donors (Lipinski definition) is 0. The van der Waals surface area contributed by atoms with E-state index in [-0.39, 0.29) is 18.2 Å². The van der Waals surface area contributed by atoms with Gasteiger partial charge < -0.3 is 9.64 Å². The van der Waals surface area contributed by atoms with Gasteiger partial charge in [0.05, 0.1) is 12.2 Å². The van der Waals surface area contributed by atoms with E-state index in [1.165, 1.54) is 11.8 Å². The molecule has 0 aliphatic carbocycles. The summed E-state index contributed by atoms with van der Waals surface area (Å²) in [6, 6.07) is 23.0. The number of carbonyl (C=O) groups excluding carboxylic acids is 3. The number of imide groups is 1. The van der Waals surface area contributed by atoms with Crippen LogP contribution in [0.1, 0.15) is 36.7 Å². The lowest BCUT2D eigenvalue weighted by Crippen LogP contribution is -2.43. The molecule has 3 aromatic rings. The molecule has 32 heavy (non-hydrogen) atoms. The van der Waals surface area contributed by atoms with Gasteiger partial charge in [0, 0.05) is 11.1 Å². The molecule has 1 heterocycles. The van der Waals surface area contributed by atoms with Gasteiger partial charge in [0.15, 0.2) is 5.78 Å². The number of nitrogens with zero attached hydrogens (tertiary/aromatic N) is 2. The number of rotatable bonds is 6. The molecule has 3 amide bonds. The molecule has 1 aliphatic heterocycles. The van der Waals surface area contributed by atoms with Gasteiger partial charge in [0.1, 0.15) is 17.0 Å². The molecule has 1 saturated heterocycles. The van der Waals surface area contributed by atoms with Crippen molar-refractivity contribution < 1.29 is 19.1 Å². The van der Waals surface area contributed by atoms with Crippen molar-refractivity contribution in [2.75, 3.05) is 4.90 Å². The zero-order chi connectivity index (χ0) is 22.9. The number of hydrogen-bond acceptors (Lipinski definition) is 4. The third-order valence-corrected chi connectivity index (χ3v) is 5.61. The van der Waals surface area contributed by atoms with Crippen molar-refractivity contribution >= 4 is 23.4 Å². The highest BCUT2D eigenvalue weighted by molar-refractivity contribution is 6.23. The topological polar surface area (TPSA) is 66.9 Å². The van der Waals surface area contributed by atoms with Crippen LogP contribution in [-0.2, 0) is 11.3 Å². The summed E-state index contributed by atoms with van der Waals surface area (Å²) >= 11 is 0. The second-order valence-electron chi connectivity index (χ2n) is 8.20. The molecule has 6 heteroatoms. The molecule has 0 aromatic heterocycles. The summed E-state index contributed by atoms with van der Waals surface area (Å²) < 4.78 is 6.03. The summed E-state index contributed by atoms with van der Waals surface area (Å²) in [7, 11) is 0. The summed E-state index contributed by atoms with van der Waals surface area (Å²) in [6.07, 6.45) is 0. The molecule has 0 bridgehead atoms. The quantitative estimate of drug-likeness (QED) is 0.388. The maximum Gasteiger partial charge on any atom is 0.332 e. The minimum Gasteiger partial charge on any atom is -0.457 e. The number of urea groups is 1. The Labute approximate surface area is 187 Å². The van der Waals surface area contributed by atoms with Crippen LogP contribution >= 0.6 is 0 Å². The number of benzene rings is 3. The zero-order valence-corrected chi connectivity index (χ0v) is 18.2. The monoisotopic (exact) mass is 428 g/mol. The van der Waals surface area contributed by atoms with E-state index in [1.807, 2.05) is 54.6 Å². The van der Waals surface area contributed by atoms with Crippen LogP contribution in [-0.4, -0.2) is 28.2 Å². The van der Waals surface area contributed by atoms with E-state index in [1.54, 1.807) is 38.1 Å². The average molecular weight is 428 g/mol. The maximum atomic E-state index is 13.4. The summed E-state index contributed by atoms with van der Waals surface area (Å²) in [5.41, 5.74) is 0.548. The third kappa shape index (κ3) is 3.87. The van der Waals surface area contributed by atoms with E-state index in [2.05, 4.69) is 0 Å². The molecular formula is C26H24N2O4. The van der Waals surface area contributed by atoms with Gasteiger partial charge in [-0.05, 0) is 51.1 Å². The molecule has 4 rings (SSSR count). The van der Waals surface area contributed by atoms with Gasteiger partial charge in [-0.1, -0.05) is 48.5 Å². The minimum atomic E-state index is -1.07. The molecule has 1 fully saturated rings. The minimum absolute atomic E-state index is 0.131. The molecule has 3 aromatic carbocycles. The normalized spacial score (nSPS) is 15.2. The van der Waals surface area contributed by atoms with Gasteiger partial charge in [-0.2, -0.15) is 0 Å². The molecular weight excluding hydrogens is 404 g/mol. The molecule has 0 atom stereocenters. The number of amides is 3. The van der Waals surface area contributed by atoms with E-state index < -0.39 is 11.6 Å². The maximum absolute atomic E-state index is 13.4. The van der Waals surface area contributed by atoms with Crippen LogP contribution in [0.25, 0.3) is 0 Å². The number of para-hydroxylation sites is 2. The molecule has 0 radical (unpaired) electrons. The van der Waals surface area contributed by atoms with Crippen LogP contribution in [0.3, 0.4) is 0 Å². The van der Waals surface area contributed by atoms with Crippen LogP contribution in [0.5, 0.6) is 11.5 Å². The van der Waals surface area contributed by atoms with Gasteiger partial charge in [-0.3, -0.25) is 9.59 Å². The first-order chi connectivity index (χ1) is 15.3. The number of Topliss-reactive ketones (excluding diaryl/α,β-unsaturated/α-hetero) is 1. The average Bonchev–Trinajstić information content (AvgIpc) is 2.95. The molecule has 162 valence electrons. The van der Waals surface area contributed by atoms with Crippen molar-refractivity contribution in [3.8, 4) is 11.5 Å². The standard InChI is InChI=1S/C26H24N2O4/c1-18(29)19-11-9-12-21(16-19)28-24(30)26(2,3)27(25(28)31)17-20-10-7-8-15-23(20)32-22-13-5-4-6-14-22/h4-16H,17H2,1-3H3. The predicted molar refractivity (Wildman–Crippen MR) is 122 cm³/mol. The summed E-state index contributed by atoms with van der Waals surface area (Å²) in [5.74, 6) is 0.830. The first kappa shape index (κ1) is 21.3. The van der Waals surface area contributed by atoms with Gasteiger partial charge in [0.25, 0.3) is 5.91 Å². The van der Waals surface area contributed by atoms with E-state index in [9.17, 15) is 14.4 Å². The van der Waals surface area contributed by atoms with E-state index in [0.29, 0.717) is 22.7 Å². The van der Waals surface area contributed by atoms with Crippen LogP contribution in [0.15, 0.2) is 78.9 Å². The number of carbonyl (C=O) groups is 3. The number of anilines is 1. The van der Waals surface area contributed by atoms with Crippen LogP contribution < -0.4 is 9.64 Å². The summed E-state index contributed by atoms with van der Waals surface area (Å²) in [6.45, 7) is 5.10. The van der Waals surface area contributed by atoms with Crippen molar-refractivity contribution in [3.63, 3.8) is 0 Å². The van der Waals surface area contributed by atoms with E-state index in [4.69, 9.17) is 4.74 Å². The summed E-state index contributed by atoms with van der Waals surface area (Å²) in [5, 5.41) is 0. The molecule has 0 unspecified atom stereocenters. The van der Waals surface area contributed by atoms with Gasteiger partial charge in [0.2, 0.25) is 0 Å². The lowest BCUT2D eigenvalue weighted by molar-refractivity contribution is -0.123. The largest absolute Gasteiger partial charge is 0.457 e. The lowest BCUT2D eigenvalue weighted by atomic mass is 10.0. The summed E-state index contributed by atoms with van der Waals surface area (Å²) in [4.78, 5) is 41.1. The number of ether oxygens (including phenoxy) is 1. The predicted octanol–water partition coefficient (Wildman–Crippen LogP) is 5.43. The van der Waals surface area contributed by atoms with Crippen molar-refractivity contribution in [1.29, 1.82) is 0 Å². The van der Waals surface area contributed by atoms with Crippen LogP contribution in [0, 0.1) is 0 Å². The highest BCUT2D eigenvalue weighted by Crippen LogP contribution is 2.35. The van der Waals surface area contributed by atoms with Crippen LogP contribution in [0.2, 0.25) is 0 Å². The Balaban J connectivity index is 1.65. The fraction of sp³-hybridized carbons (Fsp3) is 0.192. The van der Waals surface area contributed by atoms with Crippen molar-refractivity contribution in [2.24, 2.45) is 0 Å². The lowest BCUT2D eigenvalue weighted by Gasteiger charge is -2.28. The smallest absolute Gasteiger partial charge is 0.332 e. The van der Waals surface area contributed by atoms with Crippen LogP contribution in [0.4, 0.5) is 10.5 Å². The van der Waals surface area contributed by atoms with E-state index >= 15 is 0 Å². The zero-order valence-electron chi connectivity index (χ0n) is 18.2. The molecule has 1 aliphatic rings. The molecule has 0 spiro atoms. The second-order valence-corrected chi connectivity index (χ2v) is 8.20.